The van der Waals surface area contributed by atoms with Crippen molar-refractivity contribution < 1.29 is 17.9 Å². The second-order valence-electron chi connectivity index (χ2n) is 5.74. The zero-order chi connectivity index (χ0) is 15.5. The first-order chi connectivity index (χ1) is 9.82. The minimum Gasteiger partial charge on any atom is -0.484 e. The number of ether oxygens (including phenoxy) is 1. The Hall–Kier alpha value is -1.56. The van der Waals surface area contributed by atoms with Crippen LogP contribution in [-0.2, 0) is 21.1 Å². The molecule has 6 heteroatoms. The van der Waals surface area contributed by atoms with Crippen molar-refractivity contribution in [1.82, 2.24) is 5.32 Å². The van der Waals surface area contributed by atoms with Gasteiger partial charge in [-0.2, -0.15) is 0 Å². The van der Waals surface area contributed by atoms with Crippen molar-refractivity contribution in [2.75, 3.05) is 18.1 Å². The lowest BCUT2D eigenvalue weighted by Gasteiger charge is -2.23. The summed E-state index contributed by atoms with van der Waals surface area (Å²) in [4.78, 5) is 11.9. The Bertz CT molecular complexity index is 609. The predicted octanol–water partition coefficient (Wildman–Crippen LogP) is 1.32. The Kier molecular flexibility index (Phi) is 4.56. The topological polar surface area (TPSA) is 72.5 Å². The molecule has 0 radical (unpaired) electrons. The predicted molar refractivity (Wildman–Crippen MR) is 81.1 cm³/mol. The number of carbonyl (C=O) groups is 1. The number of hydrogen-bond donors (Lipinski definition) is 1. The van der Waals surface area contributed by atoms with E-state index in [0.29, 0.717) is 12.2 Å². The van der Waals surface area contributed by atoms with Crippen LogP contribution >= 0.6 is 0 Å². The van der Waals surface area contributed by atoms with Crippen molar-refractivity contribution >= 4 is 15.7 Å². The summed E-state index contributed by atoms with van der Waals surface area (Å²) < 4.78 is 28.4. The molecule has 2 rings (SSSR count). The number of sulfone groups is 1. The van der Waals surface area contributed by atoms with Crippen LogP contribution in [0.15, 0.2) is 24.3 Å². The maximum atomic E-state index is 11.9. The maximum Gasteiger partial charge on any atom is 0.258 e. The van der Waals surface area contributed by atoms with Gasteiger partial charge in [-0.1, -0.05) is 19.1 Å². The summed E-state index contributed by atoms with van der Waals surface area (Å²) in [5, 5.41) is 2.76. The van der Waals surface area contributed by atoms with E-state index in [-0.39, 0.29) is 24.0 Å². The zero-order valence-corrected chi connectivity index (χ0v) is 13.2. The van der Waals surface area contributed by atoms with Gasteiger partial charge in [0, 0.05) is 0 Å². The summed E-state index contributed by atoms with van der Waals surface area (Å²) in [6, 6.07) is 7.57. The number of carbonyl (C=O) groups excluding carboxylic acids is 1. The molecule has 1 aromatic carbocycles. The lowest BCUT2D eigenvalue weighted by atomic mass is 10.0. The first-order valence-corrected chi connectivity index (χ1v) is 8.87. The molecule has 1 N–H and O–H groups in total. The zero-order valence-electron chi connectivity index (χ0n) is 12.4. The second-order valence-corrected chi connectivity index (χ2v) is 7.92. The molecule has 0 saturated carbocycles. The number of rotatable bonds is 5. The summed E-state index contributed by atoms with van der Waals surface area (Å²) in [5.74, 6) is 0.459. The Morgan fingerprint density at radius 3 is 2.52 bits per heavy atom. The molecule has 0 aromatic heterocycles. The van der Waals surface area contributed by atoms with Crippen LogP contribution in [-0.4, -0.2) is 38.0 Å². The highest BCUT2D eigenvalue weighted by Crippen LogP contribution is 2.22. The van der Waals surface area contributed by atoms with Gasteiger partial charge in [-0.05, 0) is 37.5 Å². The highest BCUT2D eigenvalue weighted by atomic mass is 32.2. The number of aryl methyl sites for hydroxylation is 1. The van der Waals surface area contributed by atoms with Gasteiger partial charge in [0.2, 0.25) is 0 Å². The van der Waals surface area contributed by atoms with Gasteiger partial charge < -0.3 is 10.1 Å². The van der Waals surface area contributed by atoms with Crippen molar-refractivity contribution in [2.24, 2.45) is 0 Å². The van der Waals surface area contributed by atoms with Crippen molar-refractivity contribution in [3.05, 3.63) is 29.8 Å². The standard InChI is InChI=1S/C15H21NO4S/c1-3-12-4-6-13(7-5-12)20-10-14(17)16-15(2)8-9-21(18,19)11-15/h4-7H,3,8-11H2,1-2H3,(H,16,17). The normalized spacial score (nSPS) is 23.7. The molecule has 0 spiro atoms. The van der Waals surface area contributed by atoms with Crippen molar-refractivity contribution in [1.29, 1.82) is 0 Å². The van der Waals surface area contributed by atoms with Gasteiger partial charge in [0.15, 0.2) is 16.4 Å². The molecular weight excluding hydrogens is 290 g/mol. The number of nitrogens with one attached hydrogen (secondary N) is 1. The molecule has 116 valence electrons. The van der Waals surface area contributed by atoms with Crippen LogP contribution in [0.2, 0.25) is 0 Å². The van der Waals surface area contributed by atoms with Crippen LogP contribution in [0.25, 0.3) is 0 Å². The van der Waals surface area contributed by atoms with Crippen molar-refractivity contribution in [3.8, 4) is 5.75 Å². The Labute approximate surface area is 125 Å². The molecule has 1 atom stereocenters. The van der Waals surface area contributed by atoms with Gasteiger partial charge in [0.25, 0.3) is 5.91 Å². The minimum absolute atomic E-state index is 0.00304. The molecule has 0 bridgehead atoms. The smallest absolute Gasteiger partial charge is 0.258 e. The monoisotopic (exact) mass is 311 g/mol. The Balaban J connectivity index is 1.84. The quantitative estimate of drug-likeness (QED) is 0.890. The lowest BCUT2D eigenvalue weighted by Crippen LogP contribution is -2.48. The van der Waals surface area contributed by atoms with Crippen molar-refractivity contribution in [3.63, 3.8) is 0 Å². The van der Waals surface area contributed by atoms with Crippen LogP contribution < -0.4 is 10.1 Å². The van der Waals surface area contributed by atoms with E-state index in [0.717, 1.165) is 6.42 Å². The average Bonchev–Trinajstić information content (AvgIpc) is 2.70. The van der Waals surface area contributed by atoms with Crippen molar-refractivity contribution in [2.45, 2.75) is 32.2 Å². The Morgan fingerprint density at radius 2 is 2.00 bits per heavy atom. The van der Waals surface area contributed by atoms with Gasteiger partial charge in [-0.3, -0.25) is 4.79 Å². The van der Waals surface area contributed by atoms with Crippen LogP contribution in [0, 0.1) is 0 Å². The lowest BCUT2D eigenvalue weighted by molar-refractivity contribution is -0.124. The highest BCUT2D eigenvalue weighted by molar-refractivity contribution is 7.91. The van der Waals surface area contributed by atoms with E-state index in [9.17, 15) is 13.2 Å². The third-order valence-electron chi connectivity index (χ3n) is 3.65. The van der Waals surface area contributed by atoms with Crippen LogP contribution in [0.5, 0.6) is 5.75 Å². The highest BCUT2D eigenvalue weighted by Gasteiger charge is 2.39. The van der Waals surface area contributed by atoms with E-state index in [1.165, 1.54) is 5.56 Å². The summed E-state index contributed by atoms with van der Waals surface area (Å²) in [5.41, 5.74) is 0.529. The molecule has 1 aliphatic rings. The van der Waals surface area contributed by atoms with E-state index in [4.69, 9.17) is 4.74 Å². The van der Waals surface area contributed by atoms with Gasteiger partial charge >= 0.3 is 0 Å². The van der Waals surface area contributed by atoms with Crippen LogP contribution in [0.3, 0.4) is 0 Å². The van der Waals surface area contributed by atoms with E-state index in [1.54, 1.807) is 6.92 Å². The molecule has 1 aliphatic heterocycles. The molecule has 5 nitrogen and oxygen atoms in total. The molecule has 1 aromatic rings. The molecule has 1 saturated heterocycles. The number of amides is 1. The van der Waals surface area contributed by atoms with Gasteiger partial charge in [0.05, 0.1) is 17.0 Å². The fraction of sp³-hybridized carbons (Fsp3) is 0.533. The Morgan fingerprint density at radius 1 is 1.33 bits per heavy atom. The van der Waals surface area contributed by atoms with E-state index in [2.05, 4.69) is 12.2 Å². The van der Waals surface area contributed by atoms with E-state index in [1.807, 2.05) is 24.3 Å². The summed E-state index contributed by atoms with van der Waals surface area (Å²) in [6.45, 7) is 3.71. The summed E-state index contributed by atoms with van der Waals surface area (Å²) in [6.07, 6.45) is 1.40. The molecular formula is C15H21NO4S. The van der Waals surface area contributed by atoms with Crippen LogP contribution in [0.4, 0.5) is 0 Å². The summed E-state index contributed by atoms with van der Waals surface area (Å²) >= 11 is 0. The maximum absolute atomic E-state index is 11.9. The third kappa shape index (κ3) is 4.46. The third-order valence-corrected chi connectivity index (χ3v) is 5.55. The SMILES string of the molecule is CCc1ccc(OCC(=O)NC2(C)CCS(=O)(=O)C2)cc1. The summed E-state index contributed by atoms with van der Waals surface area (Å²) in [7, 11) is -3.03. The molecule has 1 heterocycles. The molecule has 1 amide bonds. The van der Waals surface area contributed by atoms with Gasteiger partial charge in [-0.25, -0.2) is 8.42 Å². The first kappa shape index (κ1) is 15.8. The van der Waals surface area contributed by atoms with E-state index < -0.39 is 15.4 Å². The van der Waals surface area contributed by atoms with Gasteiger partial charge in [0.1, 0.15) is 5.75 Å². The van der Waals surface area contributed by atoms with E-state index >= 15 is 0 Å². The van der Waals surface area contributed by atoms with Crippen LogP contribution in [0.1, 0.15) is 25.8 Å². The largest absolute Gasteiger partial charge is 0.484 e. The number of hydrogen-bond acceptors (Lipinski definition) is 4. The fourth-order valence-corrected chi connectivity index (χ4v) is 4.55. The first-order valence-electron chi connectivity index (χ1n) is 7.05. The minimum atomic E-state index is -3.03. The molecule has 21 heavy (non-hydrogen) atoms. The molecule has 1 fully saturated rings. The number of benzene rings is 1. The second kappa shape index (κ2) is 6.05. The molecule has 1 unspecified atom stereocenters. The average molecular weight is 311 g/mol. The van der Waals surface area contributed by atoms with Gasteiger partial charge in [-0.15, -0.1) is 0 Å². The molecule has 0 aliphatic carbocycles. The fourth-order valence-electron chi connectivity index (χ4n) is 2.45.